The number of amides is 1. The highest BCUT2D eigenvalue weighted by Crippen LogP contribution is 2.28. The first-order valence-electron chi connectivity index (χ1n) is 8.11. The number of benzene rings is 1. The predicted molar refractivity (Wildman–Crippen MR) is 88.9 cm³/mol. The second kappa shape index (κ2) is 7.05. The zero-order valence-corrected chi connectivity index (χ0v) is 13.9. The van der Waals surface area contributed by atoms with Crippen LogP contribution in [0.5, 0.6) is 0 Å². The van der Waals surface area contributed by atoms with E-state index in [4.69, 9.17) is 0 Å². The lowest BCUT2D eigenvalue weighted by Crippen LogP contribution is -2.26. The second-order valence-corrected chi connectivity index (χ2v) is 6.20. The average molecular weight is 328 g/mol. The summed E-state index contributed by atoms with van der Waals surface area (Å²) in [6.45, 7) is 3.23. The Labute approximate surface area is 140 Å². The van der Waals surface area contributed by atoms with Crippen LogP contribution in [0.25, 0.3) is 0 Å². The minimum Gasteiger partial charge on any atom is -0.347 e. The van der Waals surface area contributed by atoms with Crippen molar-refractivity contribution < 1.29 is 9.18 Å². The summed E-state index contributed by atoms with van der Waals surface area (Å²) in [5.41, 5.74) is 2.00. The van der Waals surface area contributed by atoms with Gasteiger partial charge in [0.15, 0.2) is 0 Å². The smallest absolute Gasteiger partial charge is 0.270 e. The molecule has 1 saturated heterocycles. The van der Waals surface area contributed by atoms with Crippen molar-refractivity contribution in [2.45, 2.75) is 32.4 Å². The minimum atomic E-state index is -0.290. The second-order valence-electron chi connectivity index (χ2n) is 6.20. The van der Waals surface area contributed by atoms with Crippen LogP contribution >= 0.6 is 0 Å². The van der Waals surface area contributed by atoms with Gasteiger partial charge in [-0.25, -0.2) is 14.4 Å². The van der Waals surface area contributed by atoms with Gasteiger partial charge in [-0.3, -0.25) is 9.69 Å². The monoisotopic (exact) mass is 328 g/mol. The molecule has 0 saturated carbocycles. The van der Waals surface area contributed by atoms with Gasteiger partial charge >= 0.3 is 0 Å². The standard InChI is InChI=1S/C18H21FN4O/c1-12-10-15(22-17(21-12)16-4-3-9-23(16)2)18(24)20-11-13-5-7-14(19)8-6-13/h5-8,10,16H,3-4,9,11H2,1-2H3,(H,20,24)/t16-/m0/s1. The summed E-state index contributed by atoms with van der Waals surface area (Å²) < 4.78 is 12.9. The number of aromatic nitrogens is 2. The van der Waals surface area contributed by atoms with Crippen molar-refractivity contribution in [1.82, 2.24) is 20.2 Å². The molecular weight excluding hydrogens is 307 g/mol. The van der Waals surface area contributed by atoms with Crippen molar-refractivity contribution in [3.63, 3.8) is 0 Å². The number of rotatable bonds is 4. The third-order valence-corrected chi connectivity index (χ3v) is 4.29. The summed E-state index contributed by atoms with van der Waals surface area (Å²) >= 11 is 0. The van der Waals surface area contributed by atoms with E-state index >= 15 is 0 Å². The quantitative estimate of drug-likeness (QED) is 0.937. The number of carbonyl (C=O) groups excluding carboxylic acids is 1. The van der Waals surface area contributed by atoms with Crippen LogP contribution in [0.4, 0.5) is 4.39 Å². The topological polar surface area (TPSA) is 58.1 Å². The van der Waals surface area contributed by atoms with Gasteiger partial charge in [0, 0.05) is 12.2 Å². The molecule has 3 rings (SSSR count). The van der Waals surface area contributed by atoms with Crippen LogP contribution in [-0.4, -0.2) is 34.4 Å². The molecular formula is C18H21FN4O. The van der Waals surface area contributed by atoms with Gasteiger partial charge in [-0.15, -0.1) is 0 Å². The molecule has 1 atom stereocenters. The van der Waals surface area contributed by atoms with Crippen LogP contribution in [0.15, 0.2) is 30.3 Å². The Morgan fingerprint density at radius 3 is 2.75 bits per heavy atom. The zero-order chi connectivity index (χ0) is 17.1. The van der Waals surface area contributed by atoms with E-state index in [1.54, 1.807) is 18.2 Å². The number of hydrogen-bond acceptors (Lipinski definition) is 4. The summed E-state index contributed by atoms with van der Waals surface area (Å²) in [5.74, 6) is 0.176. The van der Waals surface area contributed by atoms with Gasteiger partial charge in [0.05, 0.1) is 6.04 Å². The highest BCUT2D eigenvalue weighted by molar-refractivity contribution is 5.92. The first kappa shape index (κ1) is 16.5. The maximum atomic E-state index is 12.9. The van der Waals surface area contributed by atoms with Crippen LogP contribution in [0.3, 0.4) is 0 Å². The largest absolute Gasteiger partial charge is 0.347 e. The van der Waals surface area contributed by atoms with Crippen LogP contribution in [0, 0.1) is 12.7 Å². The van der Waals surface area contributed by atoms with E-state index in [0.717, 1.165) is 30.6 Å². The number of hydrogen-bond donors (Lipinski definition) is 1. The fraction of sp³-hybridized carbons (Fsp3) is 0.389. The van der Waals surface area contributed by atoms with Crippen LogP contribution in [0.2, 0.25) is 0 Å². The number of carbonyl (C=O) groups is 1. The Morgan fingerprint density at radius 2 is 2.08 bits per heavy atom. The molecule has 1 aromatic heterocycles. The van der Waals surface area contributed by atoms with Gasteiger partial charge in [0.25, 0.3) is 5.91 Å². The molecule has 1 fully saturated rings. The lowest BCUT2D eigenvalue weighted by molar-refractivity contribution is 0.0945. The van der Waals surface area contributed by atoms with E-state index in [9.17, 15) is 9.18 Å². The Kier molecular flexibility index (Phi) is 4.85. The van der Waals surface area contributed by atoms with E-state index in [1.165, 1.54) is 12.1 Å². The summed E-state index contributed by atoms with van der Waals surface area (Å²) in [7, 11) is 2.05. The Hall–Kier alpha value is -2.34. The van der Waals surface area contributed by atoms with Crippen molar-refractivity contribution in [1.29, 1.82) is 0 Å². The molecule has 0 unspecified atom stereocenters. The molecule has 2 heterocycles. The molecule has 1 N–H and O–H groups in total. The number of nitrogens with zero attached hydrogens (tertiary/aromatic N) is 3. The van der Waals surface area contributed by atoms with Gasteiger partial charge in [0.1, 0.15) is 17.3 Å². The Morgan fingerprint density at radius 1 is 1.33 bits per heavy atom. The lowest BCUT2D eigenvalue weighted by Gasteiger charge is -2.18. The molecule has 0 spiro atoms. The number of halogens is 1. The highest BCUT2D eigenvalue weighted by atomic mass is 19.1. The zero-order valence-electron chi connectivity index (χ0n) is 13.9. The van der Waals surface area contributed by atoms with Crippen LogP contribution in [0.1, 0.15) is 46.5 Å². The Balaban J connectivity index is 1.72. The van der Waals surface area contributed by atoms with Gasteiger partial charge < -0.3 is 5.32 Å². The summed E-state index contributed by atoms with van der Waals surface area (Å²) in [4.78, 5) is 23.6. The fourth-order valence-corrected chi connectivity index (χ4v) is 2.97. The molecule has 0 radical (unpaired) electrons. The van der Waals surface area contributed by atoms with Crippen LogP contribution < -0.4 is 5.32 Å². The Bertz CT molecular complexity index is 732. The molecule has 1 amide bonds. The highest BCUT2D eigenvalue weighted by Gasteiger charge is 2.26. The SMILES string of the molecule is Cc1cc(C(=O)NCc2ccc(F)cc2)nc([C@@H]2CCCN2C)n1. The maximum absolute atomic E-state index is 12.9. The first-order chi connectivity index (χ1) is 11.5. The van der Waals surface area contributed by atoms with Gasteiger partial charge in [-0.1, -0.05) is 12.1 Å². The lowest BCUT2D eigenvalue weighted by atomic mass is 10.2. The van der Waals surface area contributed by atoms with E-state index in [-0.39, 0.29) is 17.8 Å². The summed E-state index contributed by atoms with van der Waals surface area (Å²) in [6.07, 6.45) is 2.13. The molecule has 2 aromatic rings. The first-order valence-corrected chi connectivity index (χ1v) is 8.11. The van der Waals surface area contributed by atoms with E-state index in [1.807, 2.05) is 6.92 Å². The number of aryl methyl sites for hydroxylation is 1. The van der Waals surface area contributed by atoms with Crippen molar-refractivity contribution >= 4 is 5.91 Å². The van der Waals surface area contributed by atoms with Gasteiger partial charge in [0.2, 0.25) is 0 Å². The molecule has 1 aliphatic heterocycles. The predicted octanol–water partition coefficient (Wildman–Crippen LogP) is 2.62. The third kappa shape index (κ3) is 3.76. The molecule has 5 nitrogen and oxygen atoms in total. The van der Waals surface area contributed by atoms with Crippen molar-refractivity contribution in [2.24, 2.45) is 0 Å². The molecule has 0 bridgehead atoms. The number of nitrogens with one attached hydrogen (secondary N) is 1. The van der Waals surface area contributed by atoms with Crippen molar-refractivity contribution in [3.05, 3.63) is 58.9 Å². The normalized spacial score (nSPS) is 17.9. The molecule has 0 aliphatic carbocycles. The van der Waals surface area contributed by atoms with Crippen LogP contribution in [-0.2, 0) is 6.54 Å². The third-order valence-electron chi connectivity index (χ3n) is 4.29. The fourth-order valence-electron chi connectivity index (χ4n) is 2.97. The summed E-state index contributed by atoms with van der Waals surface area (Å²) in [6, 6.07) is 7.93. The van der Waals surface area contributed by atoms with Crippen molar-refractivity contribution in [2.75, 3.05) is 13.6 Å². The van der Waals surface area contributed by atoms with E-state index in [0.29, 0.717) is 18.1 Å². The average Bonchev–Trinajstić information content (AvgIpc) is 2.99. The molecule has 1 aliphatic rings. The molecule has 24 heavy (non-hydrogen) atoms. The van der Waals surface area contributed by atoms with Crippen molar-refractivity contribution in [3.8, 4) is 0 Å². The molecule has 126 valence electrons. The van der Waals surface area contributed by atoms with E-state index < -0.39 is 0 Å². The molecule has 1 aromatic carbocycles. The minimum absolute atomic E-state index is 0.175. The van der Waals surface area contributed by atoms with E-state index in [2.05, 4.69) is 27.2 Å². The number of likely N-dealkylation sites (tertiary alicyclic amines) is 1. The summed E-state index contributed by atoms with van der Waals surface area (Å²) in [5, 5.41) is 2.83. The van der Waals surface area contributed by atoms with Gasteiger partial charge in [-0.05, 0) is 57.1 Å². The van der Waals surface area contributed by atoms with Gasteiger partial charge in [-0.2, -0.15) is 0 Å². The molecule has 6 heteroatoms. The maximum Gasteiger partial charge on any atom is 0.270 e.